The number of benzene rings is 8. The van der Waals surface area contributed by atoms with E-state index in [0.29, 0.717) is 0 Å². The molecule has 0 fully saturated rings. The first-order valence-corrected chi connectivity index (χ1v) is 16.3. The number of hydrogen-bond donors (Lipinski definition) is 0. The molecule has 2 nitrogen and oxygen atoms in total. The van der Waals surface area contributed by atoms with Crippen LogP contribution in [0, 0.1) is 0 Å². The summed E-state index contributed by atoms with van der Waals surface area (Å²) in [5.41, 5.74) is 12.2. The standard InChI is InChI=1S/C46H31NO/c1-3-12-32(13-4-1)35-15-9-16-36(30-35)33-24-27-39(28-25-33)47(38-18-5-2-6-19-38)40-20-10-17-37(31-40)41-22-11-23-44-45(41)43-29-26-34-14-7-8-21-42(34)46(43)48-44/h1-31H. The van der Waals surface area contributed by atoms with Gasteiger partial charge in [-0.05, 0) is 93.4 Å². The van der Waals surface area contributed by atoms with E-state index in [-0.39, 0.29) is 0 Å². The van der Waals surface area contributed by atoms with Gasteiger partial charge in [0.05, 0.1) is 0 Å². The third kappa shape index (κ3) is 4.92. The van der Waals surface area contributed by atoms with Gasteiger partial charge in [-0.15, -0.1) is 0 Å². The Balaban J connectivity index is 1.13. The summed E-state index contributed by atoms with van der Waals surface area (Å²) < 4.78 is 6.51. The lowest BCUT2D eigenvalue weighted by molar-refractivity contribution is 0.673. The van der Waals surface area contributed by atoms with Crippen molar-refractivity contribution in [1.29, 1.82) is 0 Å². The molecule has 9 rings (SSSR count). The molecule has 0 saturated carbocycles. The highest BCUT2D eigenvalue weighted by Crippen LogP contribution is 2.42. The fourth-order valence-corrected chi connectivity index (χ4v) is 6.94. The highest BCUT2D eigenvalue weighted by atomic mass is 16.3. The Kier molecular flexibility index (Phi) is 6.84. The van der Waals surface area contributed by atoms with Crippen LogP contribution >= 0.6 is 0 Å². The van der Waals surface area contributed by atoms with Crippen LogP contribution in [-0.4, -0.2) is 0 Å². The Labute approximate surface area is 279 Å². The van der Waals surface area contributed by atoms with Crippen molar-refractivity contribution in [2.75, 3.05) is 4.90 Å². The lowest BCUT2D eigenvalue weighted by Gasteiger charge is -2.26. The highest BCUT2D eigenvalue weighted by Gasteiger charge is 2.17. The van der Waals surface area contributed by atoms with Gasteiger partial charge in [-0.25, -0.2) is 0 Å². The van der Waals surface area contributed by atoms with Gasteiger partial charge in [0.25, 0.3) is 0 Å². The largest absolute Gasteiger partial charge is 0.455 e. The summed E-state index contributed by atoms with van der Waals surface area (Å²) in [6.45, 7) is 0. The van der Waals surface area contributed by atoms with Crippen LogP contribution in [0.1, 0.15) is 0 Å². The quantitative estimate of drug-likeness (QED) is 0.185. The van der Waals surface area contributed by atoms with Gasteiger partial charge < -0.3 is 9.32 Å². The Morgan fingerprint density at radius 1 is 0.354 bits per heavy atom. The van der Waals surface area contributed by atoms with Crippen LogP contribution < -0.4 is 4.90 Å². The third-order valence-corrected chi connectivity index (χ3v) is 9.25. The average Bonchev–Trinajstić information content (AvgIpc) is 3.56. The molecule has 1 heterocycles. The zero-order valence-electron chi connectivity index (χ0n) is 26.3. The van der Waals surface area contributed by atoms with Crippen molar-refractivity contribution in [3.8, 4) is 33.4 Å². The molecule has 0 spiro atoms. The molecule has 0 amide bonds. The molecule has 0 aliphatic carbocycles. The number of furan rings is 1. The second kappa shape index (κ2) is 11.8. The first-order chi connectivity index (χ1) is 23.8. The van der Waals surface area contributed by atoms with Gasteiger partial charge in [0.15, 0.2) is 0 Å². The number of para-hydroxylation sites is 1. The molecule has 2 heteroatoms. The fourth-order valence-electron chi connectivity index (χ4n) is 6.94. The predicted octanol–water partition coefficient (Wildman–Crippen LogP) is 13.2. The van der Waals surface area contributed by atoms with E-state index in [0.717, 1.165) is 55.5 Å². The Morgan fingerprint density at radius 3 is 1.77 bits per heavy atom. The topological polar surface area (TPSA) is 16.4 Å². The second-order valence-electron chi connectivity index (χ2n) is 12.2. The molecule has 0 atom stereocenters. The fraction of sp³-hybridized carbons (Fsp3) is 0. The summed E-state index contributed by atoms with van der Waals surface area (Å²) in [7, 11) is 0. The van der Waals surface area contributed by atoms with E-state index in [4.69, 9.17) is 4.42 Å². The van der Waals surface area contributed by atoms with Crippen LogP contribution in [0.2, 0.25) is 0 Å². The maximum absolute atomic E-state index is 6.51. The van der Waals surface area contributed by atoms with Crippen LogP contribution in [0.25, 0.3) is 66.1 Å². The van der Waals surface area contributed by atoms with Crippen LogP contribution in [0.3, 0.4) is 0 Å². The molecule has 226 valence electrons. The normalized spacial score (nSPS) is 11.3. The van der Waals surface area contributed by atoms with Crippen molar-refractivity contribution in [3.63, 3.8) is 0 Å². The van der Waals surface area contributed by atoms with E-state index in [1.54, 1.807) is 0 Å². The highest BCUT2D eigenvalue weighted by molar-refractivity contribution is 6.19. The maximum Gasteiger partial charge on any atom is 0.143 e. The minimum absolute atomic E-state index is 0.899. The van der Waals surface area contributed by atoms with E-state index < -0.39 is 0 Å². The number of nitrogens with zero attached hydrogens (tertiary/aromatic N) is 1. The Hall–Kier alpha value is -6.38. The predicted molar refractivity (Wildman–Crippen MR) is 202 cm³/mol. The van der Waals surface area contributed by atoms with Gasteiger partial charge in [0.2, 0.25) is 0 Å². The molecule has 1 aromatic heterocycles. The van der Waals surface area contributed by atoms with Crippen LogP contribution in [0.4, 0.5) is 17.1 Å². The molecule has 0 aliphatic rings. The third-order valence-electron chi connectivity index (χ3n) is 9.25. The van der Waals surface area contributed by atoms with Crippen molar-refractivity contribution >= 4 is 49.8 Å². The summed E-state index contributed by atoms with van der Waals surface area (Å²) in [4.78, 5) is 2.33. The van der Waals surface area contributed by atoms with E-state index in [1.807, 2.05) is 0 Å². The maximum atomic E-state index is 6.51. The van der Waals surface area contributed by atoms with Gasteiger partial charge in [0.1, 0.15) is 11.2 Å². The molecule has 0 aliphatic heterocycles. The second-order valence-corrected chi connectivity index (χ2v) is 12.2. The summed E-state index contributed by atoms with van der Waals surface area (Å²) >= 11 is 0. The van der Waals surface area contributed by atoms with E-state index in [9.17, 15) is 0 Å². The van der Waals surface area contributed by atoms with Gasteiger partial charge in [-0.1, -0.05) is 133 Å². The first kappa shape index (κ1) is 27.9. The minimum atomic E-state index is 0.899. The lowest BCUT2D eigenvalue weighted by Crippen LogP contribution is -2.09. The van der Waals surface area contributed by atoms with Crippen LogP contribution in [-0.2, 0) is 0 Å². The number of rotatable bonds is 6. The van der Waals surface area contributed by atoms with E-state index in [1.165, 1.54) is 27.6 Å². The summed E-state index contributed by atoms with van der Waals surface area (Å²) in [5, 5.41) is 4.60. The molecular formula is C46H31NO. The van der Waals surface area contributed by atoms with Gasteiger partial charge in [-0.3, -0.25) is 0 Å². The van der Waals surface area contributed by atoms with E-state index in [2.05, 4.69) is 193 Å². The number of hydrogen-bond acceptors (Lipinski definition) is 2. The molecule has 0 saturated heterocycles. The van der Waals surface area contributed by atoms with Crippen LogP contribution in [0.5, 0.6) is 0 Å². The lowest BCUT2D eigenvalue weighted by atomic mass is 9.97. The zero-order chi connectivity index (χ0) is 31.9. The van der Waals surface area contributed by atoms with Crippen molar-refractivity contribution in [1.82, 2.24) is 0 Å². The molecule has 9 aromatic rings. The molecule has 0 radical (unpaired) electrons. The molecule has 0 N–H and O–H groups in total. The molecule has 0 unspecified atom stereocenters. The number of fused-ring (bicyclic) bond motifs is 5. The van der Waals surface area contributed by atoms with Gasteiger partial charge >= 0.3 is 0 Å². The van der Waals surface area contributed by atoms with Gasteiger partial charge in [0, 0.05) is 33.2 Å². The van der Waals surface area contributed by atoms with Gasteiger partial charge in [-0.2, -0.15) is 0 Å². The number of anilines is 3. The monoisotopic (exact) mass is 613 g/mol. The Morgan fingerprint density at radius 2 is 0.958 bits per heavy atom. The van der Waals surface area contributed by atoms with E-state index >= 15 is 0 Å². The summed E-state index contributed by atoms with van der Waals surface area (Å²) in [6.07, 6.45) is 0. The summed E-state index contributed by atoms with van der Waals surface area (Å²) in [6, 6.07) is 66.8. The zero-order valence-corrected chi connectivity index (χ0v) is 26.3. The van der Waals surface area contributed by atoms with Crippen molar-refractivity contribution in [2.45, 2.75) is 0 Å². The Bertz CT molecular complexity index is 2550. The van der Waals surface area contributed by atoms with Crippen molar-refractivity contribution in [2.24, 2.45) is 0 Å². The van der Waals surface area contributed by atoms with Crippen molar-refractivity contribution in [3.05, 3.63) is 188 Å². The molecule has 0 bridgehead atoms. The van der Waals surface area contributed by atoms with Crippen molar-refractivity contribution < 1.29 is 4.42 Å². The molecule has 8 aromatic carbocycles. The SMILES string of the molecule is c1ccc(-c2cccc(-c3ccc(N(c4ccccc4)c4cccc(-c5cccc6oc7c8ccccc8ccc7c56)c4)cc3)c2)cc1. The molecular weight excluding hydrogens is 583 g/mol. The summed E-state index contributed by atoms with van der Waals surface area (Å²) in [5.74, 6) is 0. The minimum Gasteiger partial charge on any atom is -0.455 e. The first-order valence-electron chi connectivity index (χ1n) is 16.3. The van der Waals surface area contributed by atoms with Crippen LogP contribution in [0.15, 0.2) is 192 Å². The molecule has 48 heavy (non-hydrogen) atoms. The average molecular weight is 614 g/mol. The smallest absolute Gasteiger partial charge is 0.143 e.